The molecule has 0 atom stereocenters. The van der Waals surface area contributed by atoms with Gasteiger partial charge in [-0.15, -0.1) is 24.0 Å². The largest absolute Gasteiger partial charge is 0.357 e. The van der Waals surface area contributed by atoms with E-state index in [9.17, 15) is 0 Å². The number of aliphatic imine (C=N–C) groups is 1. The maximum atomic E-state index is 4.76. The Hall–Kier alpha value is -1.87. The predicted molar refractivity (Wildman–Crippen MR) is 148 cm³/mol. The Kier molecular flexibility index (Phi) is 10.7. The van der Waals surface area contributed by atoms with Gasteiger partial charge in [-0.25, -0.2) is 9.98 Å². The molecule has 2 aliphatic rings. The lowest BCUT2D eigenvalue weighted by Gasteiger charge is -2.26. The summed E-state index contributed by atoms with van der Waals surface area (Å²) in [6, 6.07) is 13.3. The van der Waals surface area contributed by atoms with Gasteiger partial charge in [-0.3, -0.25) is 4.90 Å². The van der Waals surface area contributed by atoms with Crippen molar-refractivity contribution in [3.8, 4) is 0 Å². The van der Waals surface area contributed by atoms with Crippen molar-refractivity contribution >= 4 is 35.8 Å². The molecule has 7 heteroatoms. The van der Waals surface area contributed by atoms with Crippen molar-refractivity contribution in [2.45, 2.75) is 58.7 Å². The number of aromatic nitrogens is 1. The van der Waals surface area contributed by atoms with Crippen LogP contribution in [0.25, 0.3) is 0 Å². The lowest BCUT2D eigenvalue weighted by Crippen LogP contribution is -2.36. The number of nitrogens with zero attached hydrogens (tertiary/aromatic N) is 4. The number of nitrogens with one attached hydrogen (secondary N) is 2. The summed E-state index contributed by atoms with van der Waals surface area (Å²) in [6.45, 7) is 10.1. The van der Waals surface area contributed by atoms with E-state index in [2.05, 4.69) is 68.7 Å². The Labute approximate surface area is 216 Å². The van der Waals surface area contributed by atoms with Gasteiger partial charge in [-0.05, 0) is 68.5 Å². The van der Waals surface area contributed by atoms with Crippen molar-refractivity contribution < 1.29 is 0 Å². The average molecular weight is 563 g/mol. The molecule has 2 fully saturated rings. The van der Waals surface area contributed by atoms with Crippen LogP contribution in [0, 0.1) is 0 Å². The molecular weight excluding hydrogens is 523 g/mol. The molecule has 2 N–H and O–H groups in total. The van der Waals surface area contributed by atoms with E-state index in [1.54, 1.807) is 0 Å². The Balaban J connectivity index is 0.00000306. The molecule has 0 spiro atoms. The minimum Gasteiger partial charge on any atom is -0.357 e. The van der Waals surface area contributed by atoms with Crippen LogP contribution >= 0.6 is 24.0 Å². The first-order valence-corrected chi connectivity index (χ1v) is 12.3. The molecule has 0 amide bonds. The highest BCUT2D eigenvalue weighted by atomic mass is 127. The van der Waals surface area contributed by atoms with Gasteiger partial charge in [0.05, 0.1) is 6.54 Å². The van der Waals surface area contributed by atoms with E-state index in [4.69, 9.17) is 4.99 Å². The van der Waals surface area contributed by atoms with Crippen LogP contribution in [0.1, 0.15) is 55.7 Å². The first kappa shape index (κ1) is 25.7. The number of likely N-dealkylation sites (tertiary alicyclic amines) is 1. The third-order valence-corrected chi connectivity index (χ3v) is 6.34. The van der Waals surface area contributed by atoms with Gasteiger partial charge < -0.3 is 15.5 Å². The van der Waals surface area contributed by atoms with Crippen LogP contribution in [0.2, 0.25) is 0 Å². The summed E-state index contributed by atoms with van der Waals surface area (Å²) in [6.07, 6.45) is 8.57. The van der Waals surface area contributed by atoms with Crippen molar-refractivity contribution in [2.24, 2.45) is 4.99 Å². The van der Waals surface area contributed by atoms with Gasteiger partial charge in [0, 0.05) is 38.9 Å². The molecule has 1 aromatic heterocycles. The van der Waals surface area contributed by atoms with Gasteiger partial charge in [0.1, 0.15) is 5.82 Å². The topological polar surface area (TPSA) is 55.8 Å². The summed E-state index contributed by atoms with van der Waals surface area (Å²) in [5, 5.41) is 6.81. The van der Waals surface area contributed by atoms with Crippen LogP contribution in [0.15, 0.2) is 47.6 Å². The van der Waals surface area contributed by atoms with E-state index < -0.39 is 0 Å². The van der Waals surface area contributed by atoms with Crippen molar-refractivity contribution in [1.82, 2.24) is 20.5 Å². The molecule has 0 saturated carbocycles. The molecular formula is C26H39IN6. The smallest absolute Gasteiger partial charge is 0.191 e. The lowest BCUT2D eigenvalue weighted by molar-refractivity contribution is 0.221. The molecule has 2 aliphatic heterocycles. The van der Waals surface area contributed by atoms with Gasteiger partial charge in [0.25, 0.3) is 0 Å². The summed E-state index contributed by atoms with van der Waals surface area (Å²) in [7, 11) is 0. The standard InChI is InChI=1S/C26H38N6.HI/c1-2-27-26(30-20-24-12-13-25(28-19-24)32-16-6-7-17-32)29-18-22-8-10-23(11-9-22)21-31-14-4-3-5-15-31;/h8-13,19H,2-7,14-18,20-21H2,1H3,(H2,27,29,30);1H. The van der Waals surface area contributed by atoms with Gasteiger partial charge in [-0.2, -0.15) is 0 Å². The number of guanidine groups is 1. The van der Waals surface area contributed by atoms with Crippen LogP contribution in [0.4, 0.5) is 5.82 Å². The monoisotopic (exact) mass is 562 g/mol. The summed E-state index contributed by atoms with van der Waals surface area (Å²) < 4.78 is 0. The predicted octanol–water partition coefficient (Wildman–Crippen LogP) is 4.54. The minimum atomic E-state index is 0. The molecule has 0 unspecified atom stereocenters. The van der Waals surface area contributed by atoms with Gasteiger partial charge in [-0.1, -0.05) is 36.8 Å². The molecule has 4 rings (SSSR count). The van der Waals surface area contributed by atoms with Crippen molar-refractivity contribution in [3.05, 3.63) is 59.3 Å². The number of pyridine rings is 1. The maximum Gasteiger partial charge on any atom is 0.191 e. The minimum absolute atomic E-state index is 0. The van der Waals surface area contributed by atoms with E-state index in [1.807, 2.05) is 6.20 Å². The van der Waals surface area contributed by atoms with E-state index >= 15 is 0 Å². The second kappa shape index (κ2) is 13.7. The van der Waals surface area contributed by atoms with Gasteiger partial charge >= 0.3 is 0 Å². The number of anilines is 1. The van der Waals surface area contributed by atoms with Crippen LogP contribution in [-0.4, -0.2) is 48.6 Å². The van der Waals surface area contributed by atoms with Crippen molar-refractivity contribution in [3.63, 3.8) is 0 Å². The molecule has 2 saturated heterocycles. The third kappa shape index (κ3) is 8.14. The van der Waals surface area contributed by atoms with Crippen molar-refractivity contribution in [1.29, 1.82) is 0 Å². The van der Waals surface area contributed by atoms with Gasteiger partial charge in [0.15, 0.2) is 5.96 Å². The molecule has 0 radical (unpaired) electrons. The fourth-order valence-corrected chi connectivity index (χ4v) is 4.48. The summed E-state index contributed by atoms with van der Waals surface area (Å²) in [5.74, 6) is 1.93. The highest BCUT2D eigenvalue weighted by Gasteiger charge is 2.13. The zero-order chi connectivity index (χ0) is 22.0. The highest BCUT2D eigenvalue weighted by molar-refractivity contribution is 14.0. The number of hydrogen-bond acceptors (Lipinski definition) is 4. The second-order valence-corrected chi connectivity index (χ2v) is 8.92. The number of halogens is 1. The zero-order valence-corrected chi connectivity index (χ0v) is 22.3. The summed E-state index contributed by atoms with van der Waals surface area (Å²) >= 11 is 0. The molecule has 33 heavy (non-hydrogen) atoms. The third-order valence-electron chi connectivity index (χ3n) is 6.34. The van der Waals surface area contributed by atoms with Crippen LogP contribution in [0.5, 0.6) is 0 Å². The quantitative estimate of drug-likeness (QED) is 0.281. The van der Waals surface area contributed by atoms with E-state index in [0.717, 1.165) is 50.1 Å². The SMILES string of the molecule is CCNC(=NCc1ccc(N2CCCC2)nc1)NCc1ccc(CN2CCCCC2)cc1.I. The lowest BCUT2D eigenvalue weighted by atomic mass is 10.1. The first-order valence-electron chi connectivity index (χ1n) is 12.3. The number of benzene rings is 1. The number of piperidine rings is 1. The maximum absolute atomic E-state index is 4.76. The van der Waals surface area contributed by atoms with Crippen LogP contribution in [-0.2, 0) is 19.6 Å². The zero-order valence-electron chi connectivity index (χ0n) is 19.9. The first-order chi connectivity index (χ1) is 15.8. The van der Waals surface area contributed by atoms with Crippen LogP contribution in [0.3, 0.4) is 0 Å². The Bertz CT molecular complexity index is 840. The average Bonchev–Trinajstić information content (AvgIpc) is 3.38. The summed E-state index contributed by atoms with van der Waals surface area (Å²) in [4.78, 5) is 14.3. The molecule has 2 aromatic rings. The van der Waals surface area contributed by atoms with Gasteiger partial charge in [0.2, 0.25) is 0 Å². The van der Waals surface area contributed by atoms with Crippen LogP contribution < -0.4 is 15.5 Å². The molecule has 0 bridgehead atoms. The Morgan fingerprint density at radius 2 is 1.52 bits per heavy atom. The molecule has 6 nitrogen and oxygen atoms in total. The Morgan fingerprint density at radius 1 is 0.848 bits per heavy atom. The normalized spacial score (nSPS) is 17.0. The highest BCUT2D eigenvalue weighted by Crippen LogP contribution is 2.18. The summed E-state index contributed by atoms with van der Waals surface area (Å²) in [5.41, 5.74) is 3.81. The second-order valence-electron chi connectivity index (χ2n) is 8.92. The molecule has 180 valence electrons. The van der Waals surface area contributed by atoms with E-state index in [1.165, 1.54) is 56.3 Å². The number of rotatable bonds is 8. The fraction of sp³-hybridized carbons (Fsp3) is 0.538. The van der Waals surface area contributed by atoms with E-state index in [0.29, 0.717) is 6.54 Å². The van der Waals surface area contributed by atoms with Crippen molar-refractivity contribution in [2.75, 3.05) is 37.6 Å². The molecule has 3 heterocycles. The number of hydrogen-bond donors (Lipinski definition) is 2. The molecule has 0 aliphatic carbocycles. The fourth-order valence-electron chi connectivity index (χ4n) is 4.48. The molecule has 1 aromatic carbocycles. The Morgan fingerprint density at radius 3 is 2.18 bits per heavy atom. The van der Waals surface area contributed by atoms with E-state index in [-0.39, 0.29) is 24.0 Å².